The van der Waals surface area contributed by atoms with Crippen molar-refractivity contribution in [3.05, 3.63) is 29.8 Å². The minimum Gasteiger partial charge on any atom is -0.406 e. The molecule has 106 valence electrons. The van der Waals surface area contributed by atoms with Crippen molar-refractivity contribution < 1.29 is 17.9 Å². The van der Waals surface area contributed by atoms with Crippen LogP contribution in [-0.2, 0) is 6.54 Å². The second-order valence-corrected chi connectivity index (χ2v) is 5.87. The molecule has 0 aromatic heterocycles. The highest BCUT2D eigenvalue weighted by molar-refractivity contribution is 8.00. The Kier molecular flexibility index (Phi) is 4.99. The van der Waals surface area contributed by atoms with Crippen LogP contribution in [0.25, 0.3) is 0 Å². The van der Waals surface area contributed by atoms with E-state index in [-0.39, 0.29) is 5.75 Å². The van der Waals surface area contributed by atoms with Crippen LogP contribution in [0.15, 0.2) is 24.3 Å². The maximum Gasteiger partial charge on any atom is 0.573 e. The SMILES string of the molecule is FC(F)(F)Oc1ccc(CNCC2CCCS2)cc1. The Bertz CT molecular complexity index is 388. The summed E-state index contributed by atoms with van der Waals surface area (Å²) < 4.78 is 39.8. The van der Waals surface area contributed by atoms with Gasteiger partial charge in [0.25, 0.3) is 0 Å². The van der Waals surface area contributed by atoms with Crippen molar-refractivity contribution in [3.63, 3.8) is 0 Å². The third kappa shape index (κ3) is 5.32. The van der Waals surface area contributed by atoms with Gasteiger partial charge in [-0.1, -0.05) is 12.1 Å². The van der Waals surface area contributed by atoms with E-state index >= 15 is 0 Å². The molecule has 2 rings (SSSR count). The largest absolute Gasteiger partial charge is 0.573 e. The summed E-state index contributed by atoms with van der Waals surface area (Å²) in [6.45, 7) is 1.62. The van der Waals surface area contributed by atoms with Gasteiger partial charge in [0, 0.05) is 18.3 Å². The van der Waals surface area contributed by atoms with E-state index in [1.54, 1.807) is 12.1 Å². The van der Waals surface area contributed by atoms with E-state index in [1.807, 2.05) is 11.8 Å². The standard InChI is InChI=1S/C13H16F3NOS/c14-13(15,16)18-11-5-3-10(4-6-11)8-17-9-12-2-1-7-19-12/h3-6,12,17H,1-2,7-9H2. The smallest absolute Gasteiger partial charge is 0.406 e. The number of halogens is 3. The molecule has 1 aromatic rings. The molecule has 0 amide bonds. The molecule has 1 atom stereocenters. The van der Waals surface area contributed by atoms with Crippen molar-refractivity contribution in [1.82, 2.24) is 5.32 Å². The van der Waals surface area contributed by atoms with Crippen molar-refractivity contribution >= 4 is 11.8 Å². The Balaban J connectivity index is 1.75. The van der Waals surface area contributed by atoms with Crippen LogP contribution in [0.4, 0.5) is 13.2 Å². The fraction of sp³-hybridized carbons (Fsp3) is 0.538. The lowest BCUT2D eigenvalue weighted by atomic mass is 10.2. The lowest BCUT2D eigenvalue weighted by Crippen LogP contribution is -2.22. The molecule has 1 heterocycles. The van der Waals surface area contributed by atoms with Crippen molar-refractivity contribution in [2.75, 3.05) is 12.3 Å². The van der Waals surface area contributed by atoms with E-state index in [2.05, 4.69) is 10.1 Å². The Morgan fingerprint density at radius 1 is 1.26 bits per heavy atom. The van der Waals surface area contributed by atoms with Crippen LogP contribution in [0.1, 0.15) is 18.4 Å². The van der Waals surface area contributed by atoms with Gasteiger partial charge in [0.15, 0.2) is 0 Å². The molecule has 0 aliphatic carbocycles. The fourth-order valence-corrected chi connectivity index (χ4v) is 3.23. The summed E-state index contributed by atoms with van der Waals surface area (Å²) in [4.78, 5) is 0. The summed E-state index contributed by atoms with van der Waals surface area (Å²) in [5, 5.41) is 4.00. The third-order valence-electron chi connectivity index (χ3n) is 2.88. The lowest BCUT2D eigenvalue weighted by molar-refractivity contribution is -0.274. The van der Waals surface area contributed by atoms with Crippen LogP contribution in [0.3, 0.4) is 0 Å². The van der Waals surface area contributed by atoms with E-state index < -0.39 is 6.36 Å². The number of ether oxygens (including phenoxy) is 1. The van der Waals surface area contributed by atoms with Crippen LogP contribution < -0.4 is 10.1 Å². The third-order valence-corrected chi connectivity index (χ3v) is 4.28. The summed E-state index contributed by atoms with van der Waals surface area (Å²) in [6.07, 6.45) is -2.10. The topological polar surface area (TPSA) is 21.3 Å². The highest BCUT2D eigenvalue weighted by atomic mass is 32.2. The zero-order chi connectivity index (χ0) is 13.7. The second-order valence-electron chi connectivity index (χ2n) is 4.46. The molecule has 19 heavy (non-hydrogen) atoms. The summed E-state index contributed by atoms with van der Waals surface area (Å²) in [5.74, 6) is 1.05. The first kappa shape index (κ1) is 14.5. The highest BCUT2D eigenvalue weighted by Gasteiger charge is 2.30. The number of thioether (sulfide) groups is 1. The van der Waals surface area contributed by atoms with Crippen LogP contribution in [-0.4, -0.2) is 23.9 Å². The Morgan fingerprint density at radius 2 is 2.00 bits per heavy atom. The van der Waals surface area contributed by atoms with Gasteiger partial charge in [0.05, 0.1) is 0 Å². The summed E-state index contributed by atoms with van der Waals surface area (Å²) >= 11 is 1.98. The van der Waals surface area contributed by atoms with Crippen molar-refractivity contribution in [3.8, 4) is 5.75 Å². The number of rotatable bonds is 5. The fourth-order valence-electron chi connectivity index (χ4n) is 1.99. The average Bonchev–Trinajstić information content (AvgIpc) is 2.82. The quantitative estimate of drug-likeness (QED) is 0.896. The second kappa shape index (κ2) is 6.52. The Morgan fingerprint density at radius 3 is 2.58 bits per heavy atom. The Labute approximate surface area is 114 Å². The molecule has 0 radical (unpaired) electrons. The molecule has 1 aliphatic rings. The van der Waals surface area contributed by atoms with Crippen molar-refractivity contribution in [2.45, 2.75) is 31.0 Å². The first-order chi connectivity index (χ1) is 9.03. The van der Waals surface area contributed by atoms with Gasteiger partial charge in [-0.2, -0.15) is 11.8 Å². The highest BCUT2D eigenvalue weighted by Crippen LogP contribution is 2.25. The zero-order valence-electron chi connectivity index (χ0n) is 10.4. The van der Waals surface area contributed by atoms with Crippen LogP contribution in [0.5, 0.6) is 5.75 Å². The molecule has 0 spiro atoms. The minimum atomic E-state index is -4.63. The zero-order valence-corrected chi connectivity index (χ0v) is 11.2. The molecule has 1 fully saturated rings. The molecule has 1 aromatic carbocycles. The van der Waals surface area contributed by atoms with E-state index in [1.165, 1.54) is 30.7 Å². The van der Waals surface area contributed by atoms with E-state index in [0.717, 1.165) is 12.1 Å². The van der Waals surface area contributed by atoms with E-state index in [4.69, 9.17) is 0 Å². The molecule has 2 nitrogen and oxygen atoms in total. The normalized spacial score (nSPS) is 19.6. The molecule has 0 bridgehead atoms. The van der Waals surface area contributed by atoms with Gasteiger partial charge < -0.3 is 10.1 Å². The maximum atomic E-state index is 12.0. The molecular formula is C13H16F3NOS. The number of hydrogen-bond donors (Lipinski definition) is 1. The molecular weight excluding hydrogens is 275 g/mol. The first-order valence-corrected chi connectivity index (χ1v) is 7.25. The predicted octanol–water partition coefficient (Wildman–Crippen LogP) is 3.57. The average molecular weight is 291 g/mol. The lowest BCUT2D eigenvalue weighted by Gasteiger charge is -2.11. The molecule has 1 unspecified atom stereocenters. The monoisotopic (exact) mass is 291 g/mol. The van der Waals surface area contributed by atoms with Crippen LogP contribution in [0, 0.1) is 0 Å². The van der Waals surface area contributed by atoms with E-state index in [0.29, 0.717) is 11.8 Å². The summed E-state index contributed by atoms with van der Waals surface area (Å²) in [7, 11) is 0. The van der Waals surface area contributed by atoms with Gasteiger partial charge >= 0.3 is 6.36 Å². The van der Waals surface area contributed by atoms with Gasteiger partial charge in [0.2, 0.25) is 0 Å². The molecule has 6 heteroatoms. The summed E-state index contributed by atoms with van der Waals surface area (Å²) in [6, 6.07) is 5.98. The maximum absolute atomic E-state index is 12.0. The summed E-state index contributed by atoms with van der Waals surface area (Å²) in [5.41, 5.74) is 0.956. The molecule has 1 N–H and O–H groups in total. The van der Waals surface area contributed by atoms with Gasteiger partial charge in [-0.15, -0.1) is 13.2 Å². The number of alkyl halides is 3. The van der Waals surface area contributed by atoms with Crippen molar-refractivity contribution in [1.29, 1.82) is 0 Å². The molecule has 1 saturated heterocycles. The van der Waals surface area contributed by atoms with Gasteiger partial charge in [0.1, 0.15) is 5.75 Å². The predicted molar refractivity (Wildman–Crippen MR) is 70.3 cm³/mol. The van der Waals surface area contributed by atoms with Crippen molar-refractivity contribution in [2.24, 2.45) is 0 Å². The molecule has 1 aliphatic heterocycles. The number of hydrogen-bond acceptors (Lipinski definition) is 3. The van der Waals surface area contributed by atoms with Gasteiger partial charge in [-0.25, -0.2) is 0 Å². The molecule has 0 saturated carbocycles. The van der Waals surface area contributed by atoms with Gasteiger partial charge in [-0.3, -0.25) is 0 Å². The number of nitrogens with one attached hydrogen (secondary N) is 1. The minimum absolute atomic E-state index is 0.178. The van der Waals surface area contributed by atoms with Gasteiger partial charge in [-0.05, 0) is 36.3 Å². The van der Waals surface area contributed by atoms with E-state index in [9.17, 15) is 13.2 Å². The number of benzene rings is 1. The Hall–Kier alpha value is -0.880. The first-order valence-electron chi connectivity index (χ1n) is 6.20. The van der Waals surface area contributed by atoms with Crippen LogP contribution >= 0.6 is 11.8 Å². The van der Waals surface area contributed by atoms with Crippen LogP contribution in [0.2, 0.25) is 0 Å².